The van der Waals surface area contributed by atoms with Crippen LogP contribution in [0.1, 0.15) is 29.7 Å². The minimum atomic E-state index is -0.842. The first-order chi connectivity index (χ1) is 19.0. The number of aryl methyl sites for hydroxylation is 1. The molecular weight excluding hydrogens is 513 g/mol. The van der Waals surface area contributed by atoms with Crippen molar-refractivity contribution in [1.82, 2.24) is 9.13 Å². The lowest BCUT2D eigenvalue weighted by molar-refractivity contribution is -0.138. The average molecular weight is 538 g/mol. The molecule has 0 saturated carbocycles. The number of halogens is 1. The summed E-state index contributed by atoms with van der Waals surface area (Å²) in [5.41, 5.74) is 3.65. The number of aromatic nitrogens is 2. The maximum Gasteiger partial charge on any atom is 0.338 e. The van der Waals surface area contributed by atoms with Crippen molar-refractivity contribution in [2.75, 3.05) is 6.61 Å². The molecule has 1 aliphatic heterocycles. The summed E-state index contributed by atoms with van der Waals surface area (Å²) in [5, 5.41) is 1.03. The molecule has 8 heteroatoms. The molecule has 6 nitrogen and oxygen atoms in total. The Labute approximate surface area is 227 Å². The van der Waals surface area contributed by atoms with Gasteiger partial charge in [0, 0.05) is 35.3 Å². The molecule has 39 heavy (non-hydrogen) atoms. The molecule has 2 aromatic heterocycles. The number of ether oxygens (including phenoxy) is 1. The van der Waals surface area contributed by atoms with E-state index in [0.717, 1.165) is 22.0 Å². The van der Waals surface area contributed by atoms with E-state index in [1.54, 1.807) is 19.1 Å². The zero-order valence-corrected chi connectivity index (χ0v) is 22.1. The van der Waals surface area contributed by atoms with Crippen molar-refractivity contribution >= 4 is 40.0 Å². The quantitative estimate of drug-likeness (QED) is 0.309. The second kappa shape index (κ2) is 9.96. The summed E-state index contributed by atoms with van der Waals surface area (Å²) in [6.45, 7) is 1.89. The maximum absolute atomic E-state index is 14.0. The summed E-state index contributed by atoms with van der Waals surface area (Å²) in [5.74, 6) is -0.982. The van der Waals surface area contributed by atoms with Gasteiger partial charge in [0.05, 0.1) is 28.5 Å². The summed E-state index contributed by atoms with van der Waals surface area (Å²) in [6, 6.07) is 22.3. The Morgan fingerprint density at radius 3 is 2.51 bits per heavy atom. The van der Waals surface area contributed by atoms with Gasteiger partial charge in [-0.15, -0.1) is 0 Å². The van der Waals surface area contributed by atoms with Gasteiger partial charge in [0.1, 0.15) is 5.82 Å². The third-order valence-corrected chi connectivity index (χ3v) is 7.76. The van der Waals surface area contributed by atoms with Gasteiger partial charge in [-0.2, -0.15) is 0 Å². The predicted molar refractivity (Wildman–Crippen MR) is 150 cm³/mol. The van der Waals surface area contributed by atoms with Gasteiger partial charge in [0.2, 0.25) is 0 Å². The number of benzene rings is 3. The molecule has 6 rings (SSSR count). The number of carbonyl (C=O) groups excluding carboxylic acids is 1. The third kappa shape index (κ3) is 4.32. The van der Waals surface area contributed by atoms with Gasteiger partial charge in [-0.25, -0.2) is 14.2 Å². The van der Waals surface area contributed by atoms with Gasteiger partial charge in [-0.1, -0.05) is 72.0 Å². The lowest BCUT2D eigenvalue weighted by Gasteiger charge is -2.25. The number of fused-ring (bicyclic) bond motifs is 2. The molecule has 0 bridgehead atoms. The summed E-state index contributed by atoms with van der Waals surface area (Å²) < 4.78 is 23.4. The van der Waals surface area contributed by atoms with Crippen molar-refractivity contribution in [2.45, 2.75) is 13.0 Å². The van der Waals surface area contributed by atoms with Gasteiger partial charge in [0.15, 0.2) is 4.80 Å². The smallest absolute Gasteiger partial charge is 0.338 e. The monoisotopic (exact) mass is 537 g/mol. The molecule has 0 aliphatic carbocycles. The van der Waals surface area contributed by atoms with E-state index in [4.69, 9.17) is 9.73 Å². The van der Waals surface area contributed by atoms with Crippen molar-refractivity contribution < 1.29 is 13.9 Å². The number of thiazole rings is 1. The van der Waals surface area contributed by atoms with Crippen LogP contribution in [-0.4, -0.2) is 21.7 Å². The molecule has 0 amide bonds. The Kier molecular flexibility index (Phi) is 6.32. The van der Waals surface area contributed by atoms with Gasteiger partial charge < -0.3 is 9.30 Å². The fourth-order valence-electron chi connectivity index (χ4n) is 5.03. The molecule has 5 aromatic rings. The van der Waals surface area contributed by atoms with Gasteiger partial charge in [-0.3, -0.25) is 9.36 Å². The first-order valence-corrected chi connectivity index (χ1v) is 13.4. The van der Waals surface area contributed by atoms with Crippen molar-refractivity contribution in [3.05, 3.63) is 133 Å². The highest BCUT2D eigenvalue weighted by Crippen LogP contribution is 2.35. The van der Waals surface area contributed by atoms with E-state index in [1.807, 2.05) is 78.5 Å². The highest BCUT2D eigenvalue weighted by atomic mass is 32.1. The first kappa shape index (κ1) is 24.8. The number of hydrogen-bond acceptors (Lipinski definition) is 5. The normalized spacial score (nSPS) is 15.4. The van der Waals surface area contributed by atoms with E-state index >= 15 is 0 Å². The van der Waals surface area contributed by atoms with Crippen molar-refractivity contribution in [3.63, 3.8) is 0 Å². The van der Waals surface area contributed by atoms with Crippen molar-refractivity contribution in [2.24, 2.45) is 12.0 Å². The molecular formula is C31H24FN3O3S. The number of esters is 1. The van der Waals surface area contributed by atoms with Gasteiger partial charge in [-0.05, 0) is 36.8 Å². The standard InChI is InChI=1S/C31H24FN3O3S/c1-3-38-30(37)26-27(19-9-5-4-6-10-19)33-31-35(28(26)20-13-15-22(32)16-14-20)29(36)25(39-31)17-21-18-34(2)24-12-8-7-11-23(21)24/h4-18,28H,3H2,1-2H3/b25-17+. The van der Waals surface area contributed by atoms with E-state index < -0.39 is 17.8 Å². The largest absolute Gasteiger partial charge is 0.463 e. The second-order valence-corrected chi connectivity index (χ2v) is 10.2. The summed E-state index contributed by atoms with van der Waals surface area (Å²) in [6.07, 6.45) is 3.85. The maximum atomic E-state index is 14.0. The number of rotatable bonds is 5. The molecule has 1 unspecified atom stereocenters. The average Bonchev–Trinajstić information content (AvgIpc) is 3.44. The first-order valence-electron chi connectivity index (χ1n) is 12.5. The van der Waals surface area contributed by atoms with E-state index in [-0.39, 0.29) is 17.7 Å². The summed E-state index contributed by atoms with van der Waals surface area (Å²) >= 11 is 1.26. The number of carbonyl (C=O) groups is 1. The van der Waals surface area contributed by atoms with E-state index in [0.29, 0.717) is 20.6 Å². The molecule has 194 valence electrons. The fourth-order valence-corrected chi connectivity index (χ4v) is 6.02. The second-order valence-electron chi connectivity index (χ2n) is 9.20. The van der Waals surface area contributed by atoms with E-state index in [2.05, 4.69) is 0 Å². The van der Waals surface area contributed by atoms with Crippen LogP contribution in [0.2, 0.25) is 0 Å². The van der Waals surface area contributed by atoms with Crippen molar-refractivity contribution in [1.29, 1.82) is 0 Å². The van der Waals surface area contributed by atoms with Gasteiger partial charge >= 0.3 is 5.97 Å². The molecule has 0 N–H and O–H groups in total. The topological polar surface area (TPSA) is 65.6 Å². The summed E-state index contributed by atoms with van der Waals surface area (Å²) in [4.78, 5) is 32.8. The highest BCUT2D eigenvalue weighted by molar-refractivity contribution is 7.07. The van der Waals surface area contributed by atoms with Gasteiger partial charge in [0.25, 0.3) is 5.56 Å². The van der Waals surface area contributed by atoms with Crippen LogP contribution in [0.4, 0.5) is 4.39 Å². The van der Waals surface area contributed by atoms with Crippen LogP contribution in [-0.2, 0) is 16.6 Å². The Morgan fingerprint density at radius 1 is 1.05 bits per heavy atom. The molecule has 1 atom stereocenters. The Hall–Kier alpha value is -4.56. The molecule has 3 aromatic carbocycles. The molecule has 3 heterocycles. The van der Waals surface area contributed by atoms with Crippen LogP contribution in [0.25, 0.3) is 22.7 Å². The predicted octanol–water partition coefficient (Wildman–Crippen LogP) is 4.57. The fraction of sp³-hybridized carbons (Fsp3) is 0.129. The zero-order chi connectivity index (χ0) is 27.1. The van der Waals surface area contributed by atoms with Crippen LogP contribution in [0.3, 0.4) is 0 Å². The van der Waals surface area contributed by atoms with E-state index in [9.17, 15) is 14.0 Å². The molecule has 0 saturated heterocycles. The molecule has 0 radical (unpaired) electrons. The highest BCUT2D eigenvalue weighted by Gasteiger charge is 2.35. The van der Waals surface area contributed by atoms with Crippen LogP contribution in [0, 0.1) is 5.82 Å². The number of para-hydroxylation sites is 1. The summed E-state index contributed by atoms with van der Waals surface area (Å²) in [7, 11) is 1.97. The number of nitrogens with zero attached hydrogens (tertiary/aromatic N) is 3. The Morgan fingerprint density at radius 2 is 1.77 bits per heavy atom. The van der Waals surface area contributed by atoms with Crippen molar-refractivity contribution in [3.8, 4) is 0 Å². The SMILES string of the molecule is CCOC(=O)C1=C(c2ccccc2)N=c2s/c(=C/c3cn(C)c4ccccc34)c(=O)n2C1c1ccc(F)cc1. The van der Waals surface area contributed by atoms with Crippen LogP contribution in [0.5, 0.6) is 0 Å². The van der Waals surface area contributed by atoms with Crippen LogP contribution in [0.15, 0.2) is 100 Å². The molecule has 0 fully saturated rings. The molecule has 1 aliphatic rings. The Balaban J connectivity index is 1.66. The van der Waals surface area contributed by atoms with E-state index in [1.165, 1.54) is 28.0 Å². The minimum Gasteiger partial charge on any atom is -0.463 e. The Bertz CT molecular complexity index is 1930. The van der Waals surface area contributed by atoms with Crippen LogP contribution < -0.4 is 14.9 Å². The molecule has 0 spiro atoms. The third-order valence-electron chi connectivity index (χ3n) is 6.77. The lowest BCUT2D eigenvalue weighted by Crippen LogP contribution is -2.40. The zero-order valence-electron chi connectivity index (χ0n) is 21.3. The number of hydrogen-bond donors (Lipinski definition) is 0. The minimum absolute atomic E-state index is 0.159. The van der Waals surface area contributed by atoms with Crippen LogP contribution >= 0.6 is 11.3 Å². The lowest BCUT2D eigenvalue weighted by atomic mass is 9.93.